The zero-order valence-electron chi connectivity index (χ0n) is 15.8. The van der Waals surface area contributed by atoms with E-state index in [2.05, 4.69) is 26.2 Å². The van der Waals surface area contributed by atoms with E-state index in [0.29, 0.717) is 0 Å². The van der Waals surface area contributed by atoms with Crippen molar-refractivity contribution in [3.8, 4) is 0 Å². The average molecular weight is 290 g/mol. The van der Waals surface area contributed by atoms with Gasteiger partial charge in [-0.3, -0.25) is 0 Å². The molecule has 0 bridgehead atoms. The minimum Gasteiger partial charge on any atom is -0.400 e. The molecular formula is C18H43NO. The van der Waals surface area contributed by atoms with E-state index >= 15 is 0 Å². The Morgan fingerprint density at radius 1 is 1.00 bits per heavy atom. The van der Waals surface area contributed by atoms with Crippen LogP contribution in [0.4, 0.5) is 0 Å². The highest BCUT2D eigenvalue weighted by Crippen LogP contribution is 1.97. The predicted octanol–water partition coefficient (Wildman–Crippen LogP) is 6.08. The van der Waals surface area contributed by atoms with Crippen LogP contribution in [0, 0.1) is 0 Å². The molecule has 2 nitrogen and oxygen atoms in total. The van der Waals surface area contributed by atoms with Crippen molar-refractivity contribution in [3.05, 3.63) is 37.1 Å². The van der Waals surface area contributed by atoms with E-state index in [1.54, 1.807) is 0 Å². The zero-order valence-corrected chi connectivity index (χ0v) is 15.8. The third-order valence-corrected chi connectivity index (χ3v) is 1.30. The van der Waals surface area contributed by atoms with Crippen LogP contribution in [0.15, 0.2) is 37.1 Å². The Hall–Kier alpha value is -1.02. The number of aliphatic hydroxyl groups is 1. The summed E-state index contributed by atoms with van der Waals surface area (Å²) in [5.41, 5.74) is 6.48. The van der Waals surface area contributed by atoms with Gasteiger partial charge in [-0.15, -0.1) is 13.2 Å². The van der Waals surface area contributed by atoms with Gasteiger partial charge in [0.1, 0.15) is 0 Å². The molecule has 2 heteroatoms. The molecule has 0 aliphatic heterocycles. The lowest BCUT2D eigenvalue weighted by Crippen LogP contribution is -1.91. The lowest BCUT2D eigenvalue weighted by Gasteiger charge is -1.91. The van der Waals surface area contributed by atoms with Crippen LogP contribution >= 0.6 is 0 Å². The summed E-state index contributed by atoms with van der Waals surface area (Å²) < 4.78 is 0. The van der Waals surface area contributed by atoms with Crippen molar-refractivity contribution < 1.29 is 5.11 Å². The van der Waals surface area contributed by atoms with Gasteiger partial charge < -0.3 is 10.8 Å². The third-order valence-electron chi connectivity index (χ3n) is 1.30. The number of allylic oxidation sites excluding steroid dienone is 3. The lowest BCUT2D eigenvalue weighted by molar-refractivity contribution is 0.399. The summed E-state index contributed by atoms with van der Waals surface area (Å²) in [6, 6.07) is 0. The van der Waals surface area contributed by atoms with E-state index in [1.165, 1.54) is 12.8 Å². The summed E-state index contributed by atoms with van der Waals surface area (Å²) in [6.45, 7) is 22.2. The maximum Gasteiger partial charge on any atom is 0.0319 e. The number of hydrogen-bond acceptors (Lipinski definition) is 2. The van der Waals surface area contributed by atoms with Crippen molar-refractivity contribution in [2.24, 2.45) is 5.73 Å². The first kappa shape index (κ1) is 36.4. The molecule has 0 amide bonds. The second kappa shape index (κ2) is 81.4. The monoisotopic (exact) mass is 289 g/mol. The molecule has 0 fully saturated rings. The zero-order chi connectivity index (χ0) is 17.8. The molecule has 0 spiro atoms. The van der Waals surface area contributed by atoms with Crippen molar-refractivity contribution in [1.29, 1.82) is 0 Å². The summed E-state index contributed by atoms with van der Waals surface area (Å²) in [5.74, 6) is 0. The highest BCUT2D eigenvalue weighted by molar-refractivity contribution is 5.13. The SMILES string of the molecule is C/C=C\C(N)=C/CCCC.C=C.CC.CC.CC.CO. The van der Waals surface area contributed by atoms with Gasteiger partial charge in [-0.2, -0.15) is 0 Å². The van der Waals surface area contributed by atoms with Crippen LogP contribution in [-0.4, -0.2) is 12.2 Å². The summed E-state index contributed by atoms with van der Waals surface area (Å²) in [7, 11) is 1.00. The standard InChI is InChI=1S/C9H17N.3C2H6.C2H4.CH4O/c1-3-5-6-8-9(10)7-4-2;5*1-2/h4,7-8H,3,5-6,10H2,1-2H3;3*1-2H3;1-2H2;2H,1H3/b7-4-,9-8+;;;;;. The molecule has 3 N–H and O–H groups in total. The fraction of sp³-hybridized carbons (Fsp3) is 0.667. The van der Waals surface area contributed by atoms with Crippen molar-refractivity contribution in [2.75, 3.05) is 7.11 Å². The molecule has 0 aromatic carbocycles. The van der Waals surface area contributed by atoms with Gasteiger partial charge in [-0.1, -0.05) is 73.5 Å². The Labute approximate surface area is 130 Å². The van der Waals surface area contributed by atoms with Crippen LogP contribution in [-0.2, 0) is 0 Å². The highest BCUT2D eigenvalue weighted by atomic mass is 16.2. The Morgan fingerprint density at radius 2 is 1.35 bits per heavy atom. The molecule has 0 radical (unpaired) electrons. The van der Waals surface area contributed by atoms with Gasteiger partial charge >= 0.3 is 0 Å². The number of rotatable bonds is 4. The van der Waals surface area contributed by atoms with Gasteiger partial charge in [0.05, 0.1) is 0 Å². The Kier molecular flexibility index (Phi) is 148. The minimum absolute atomic E-state index is 0.885. The van der Waals surface area contributed by atoms with Gasteiger partial charge in [-0.25, -0.2) is 0 Å². The molecule has 0 saturated carbocycles. The Bertz CT molecular complexity index is 140. The molecule has 0 aliphatic rings. The molecule has 0 aromatic rings. The first-order valence-electron chi connectivity index (χ1n) is 7.84. The second-order valence-electron chi connectivity index (χ2n) is 2.35. The van der Waals surface area contributed by atoms with Crippen LogP contribution < -0.4 is 5.73 Å². The van der Waals surface area contributed by atoms with Crippen LogP contribution in [0.1, 0.15) is 74.7 Å². The maximum absolute atomic E-state index is 7.00. The van der Waals surface area contributed by atoms with Crippen molar-refractivity contribution >= 4 is 0 Å². The lowest BCUT2D eigenvalue weighted by atomic mass is 10.2. The van der Waals surface area contributed by atoms with E-state index in [4.69, 9.17) is 10.8 Å². The summed E-state index contributed by atoms with van der Waals surface area (Å²) in [4.78, 5) is 0. The summed E-state index contributed by atoms with van der Waals surface area (Å²) in [5, 5.41) is 7.00. The van der Waals surface area contributed by atoms with E-state index in [-0.39, 0.29) is 0 Å². The van der Waals surface area contributed by atoms with Gasteiger partial charge in [0.2, 0.25) is 0 Å². The molecule has 126 valence electrons. The van der Waals surface area contributed by atoms with E-state index in [1.807, 2.05) is 60.6 Å². The maximum atomic E-state index is 7.00. The summed E-state index contributed by atoms with van der Waals surface area (Å²) >= 11 is 0. The first-order valence-corrected chi connectivity index (χ1v) is 7.84. The van der Waals surface area contributed by atoms with Crippen LogP contribution in [0.25, 0.3) is 0 Å². The van der Waals surface area contributed by atoms with Gasteiger partial charge in [0.15, 0.2) is 0 Å². The predicted molar refractivity (Wildman–Crippen MR) is 100 cm³/mol. The molecule has 0 aliphatic carbocycles. The topological polar surface area (TPSA) is 46.2 Å². The number of aliphatic hydroxyl groups excluding tert-OH is 1. The molecule has 0 unspecified atom stereocenters. The van der Waals surface area contributed by atoms with Crippen LogP contribution in [0.5, 0.6) is 0 Å². The molecular weight excluding hydrogens is 246 g/mol. The first-order chi connectivity index (χ1) is 9.81. The van der Waals surface area contributed by atoms with Crippen molar-refractivity contribution in [3.63, 3.8) is 0 Å². The van der Waals surface area contributed by atoms with E-state index < -0.39 is 0 Å². The summed E-state index contributed by atoms with van der Waals surface area (Å²) in [6.07, 6.45) is 9.53. The fourth-order valence-electron chi connectivity index (χ4n) is 0.733. The van der Waals surface area contributed by atoms with Gasteiger partial charge in [-0.05, 0) is 19.4 Å². The molecule has 0 aromatic heterocycles. The van der Waals surface area contributed by atoms with Crippen molar-refractivity contribution in [1.82, 2.24) is 0 Å². The van der Waals surface area contributed by atoms with Gasteiger partial charge in [0, 0.05) is 12.8 Å². The smallest absolute Gasteiger partial charge is 0.0319 e. The fourth-order valence-corrected chi connectivity index (χ4v) is 0.733. The largest absolute Gasteiger partial charge is 0.400 e. The molecule has 0 rings (SSSR count). The average Bonchev–Trinajstić information content (AvgIpc) is 2.57. The second-order valence-corrected chi connectivity index (χ2v) is 2.35. The van der Waals surface area contributed by atoms with Crippen LogP contribution in [0.2, 0.25) is 0 Å². The third kappa shape index (κ3) is 89.0. The number of nitrogens with two attached hydrogens (primary N) is 1. The molecule has 0 atom stereocenters. The normalized spacial score (nSPS) is 7.80. The number of hydrogen-bond donors (Lipinski definition) is 2. The molecule has 0 saturated heterocycles. The van der Waals surface area contributed by atoms with Crippen molar-refractivity contribution in [2.45, 2.75) is 74.7 Å². The van der Waals surface area contributed by atoms with Gasteiger partial charge in [0.25, 0.3) is 0 Å². The number of unbranched alkanes of at least 4 members (excludes halogenated alkanes) is 2. The van der Waals surface area contributed by atoms with Crippen LogP contribution in [0.3, 0.4) is 0 Å². The van der Waals surface area contributed by atoms with E-state index in [0.717, 1.165) is 19.2 Å². The quantitative estimate of drug-likeness (QED) is 0.374. The minimum atomic E-state index is 0.885. The molecule has 20 heavy (non-hydrogen) atoms. The Morgan fingerprint density at radius 3 is 1.60 bits per heavy atom. The van der Waals surface area contributed by atoms with E-state index in [9.17, 15) is 0 Å². The highest BCUT2D eigenvalue weighted by Gasteiger charge is 1.81. The molecule has 0 heterocycles. The Balaban J connectivity index is -0.0000000412.